The van der Waals surface area contributed by atoms with Crippen LogP contribution in [0.2, 0.25) is 0 Å². The Kier molecular flexibility index (Phi) is 4.18. The molecule has 1 aliphatic rings. The molecule has 2 N–H and O–H groups in total. The Hall–Kier alpha value is -1.69. The van der Waals surface area contributed by atoms with Crippen molar-refractivity contribution in [3.05, 3.63) is 27.7 Å². The molecule has 1 aromatic heterocycles. The lowest BCUT2D eigenvalue weighted by atomic mass is 10.1. The predicted molar refractivity (Wildman–Crippen MR) is 81.1 cm³/mol. The van der Waals surface area contributed by atoms with Gasteiger partial charge in [-0.1, -0.05) is 25.5 Å². The van der Waals surface area contributed by atoms with Crippen LogP contribution < -0.4 is 5.32 Å². The Morgan fingerprint density at radius 3 is 2.67 bits per heavy atom. The van der Waals surface area contributed by atoms with E-state index in [1.807, 2.05) is 13.8 Å². The molecule has 1 heterocycles. The summed E-state index contributed by atoms with van der Waals surface area (Å²) >= 11 is 1.24. The first-order valence-corrected chi connectivity index (χ1v) is 7.72. The van der Waals surface area contributed by atoms with Crippen molar-refractivity contribution in [3.8, 4) is 0 Å². The second-order valence-electron chi connectivity index (χ2n) is 6.22. The van der Waals surface area contributed by atoms with E-state index < -0.39 is 5.97 Å². The summed E-state index contributed by atoms with van der Waals surface area (Å²) in [5, 5.41) is 13.8. The lowest BCUT2D eigenvalue weighted by Crippen LogP contribution is -2.26. The van der Waals surface area contributed by atoms with Gasteiger partial charge in [0.2, 0.25) is 5.91 Å². The molecule has 2 rings (SSSR count). The third kappa shape index (κ3) is 3.32. The number of carbonyl (C=O) groups excluding carboxylic acids is 1. The number of nitrogens with one attached hydrogen (secondary N) is 1. The van der Waals surface area contributed by atoms with Crippen LogP contribution in [0.4, 0.5) is 0 Å². The largest absolute Gasteiger partial charge is 0.476 e. The van der Waals surface area contributed by atoms with E-state index >= 15 is 0 Å². The van der Waals surface area contributed by atoms with Gasteiger partial charge in [0.1, 0.15) is 5.01 Å². The molecule has 2 atom stereocenters. The minimum atomic E-state index is -1.05. The first-order chi connectivity index (χ1) is 9.73. The van der Waals surface area contributed by atoms with Crippen molar-refractivity contribution in [2.24, 2.45) is 17.3 Å². The van der Waals surface area contributed by atoms with Gasteiger partial charge in [0.25, 0.3) is 0 Å². The van der Waals surface area contributed by atoms with Crippen LogP contribution in [0, 0.1) is 17.3 Å². The fourth-order valence-corrected chi connectivity index (χ4v) is 3.32. The van der Waals surface area contributed by atoms with Crippen LogP contribution in [0.5, 0.6) is 0 Å². The minimum absolute atomic E-state index is 0.00887. The maximum atomic E-state index is 12.2. The molecule has 0 spiro atoms. The Bertz CT molecular complexity index is 600. The fraction of sp³-hybridized carbons (Fsp3) is 0.533. The number of carboxylic acid groups (broad SMARTS) is 1. The van der Waals surface area contributed by atoms with Crippen LogP contribution >= 0.6 is 11.3 Å². The number of nitrogens with zero attached hydrogens (tertiary/aromatic N) is 1. The zero-order chi connectivity index (χ0) is 15.8. The molecular weight excluding hydrogens is 288 g/mol. The highest BCUT2D eigenvalue weighted by atomic mass is 32.1. The normalized spacial score (nSPS) is 22.5. The second-order valence-corrected chi connectivity index (χ2v) is 7.16. The van der Waals surface area contributed by atoms with Crippen molar-refractivity contribution in [1.29, 1.82) is 0 Å². The average Bonchev–Trinajstić information content (AvgIpc) is 2.78. The molecule has 6 heteroatoms. The smallest absolute Gasteiger partial charge is 0.355 e. The van der Waals surface area contributed by atoms with Gasteiger partial charge < -0.3 is 10.4 Å². The monoisotopic (exact) mass is 308 g/mol. The minimum Gasteiger partial charge on any atom is -0.476 e. The lowest BCUT2D eigenvalue weighted by Gasteiger charge is -2.04. The molecule has 5 nitrogen and oxygen atoms in total. The van der Waals surface area contributed by atoms with Crippen molar-refractivity contribution in [3.63, 3.8) is 0 Å². The van der Waals surface area contributed by atoms with Crippen LogP contribution in [0.3, 0.4) is 0 Å². The summed E-state index contributed by atoms with van der Waals surface area (Å²) in [6, 6.07) is 0. The van der Waals surface area contributed by atoms with Crippen molar-refractivity contribution < 1.29 is 14.7 Å². The molecule has 0 saturated heterocycles. The first kappa shape index (κ1) is 15.7. The van der Waals surface area contributed by atoms with Gasteiger partial charge >= 0.3 is 5.97 Å². The fourth-order valence-electron chi connectivity index (χ4n) is 2.61. The van der Waals surface area contributed by atoms with E-state index in [9.17, 15) is 9.59 Å². The summed E-state index contributed by atoms with van der Waals surface area (Å²) in [5.41, 5.74) is 1.23. The number of carboxylic acids is 1. The molecule has 1 aromatic rings. The van der Waals surface area contributed by atoms with E-state index in [2.05, 4.69) is 30.2 Å². The maximum absolute atomic E-state index is 12.2. The van der Waals surface area contributed by atoms with Crippen molar-refractivity contribution >= 4 is 23.2 Å². The maximum Gasteiger partial charge on any atom is 0.355 e. The summed E-state index contributed by atoms with van der Waals surface area (Å²) in [7, 11) is 0. The zero-order valence-corrected chi connectivity index (χ0v) is 13.5. The number of amides is 1. The Balaban J connectivity index is 1.93. The van der Waals surface area contributed by atoms with Crippen molar-refractivity contribution in [2.45, 2.75) is 34.2 Å². The molecule has 114 valence electrons. The molecule has 0 bridgehead atoms. The summed E-state index contributed by atoms with van der Waals surface area (Å²) in [5.74, 6) is -0.787. The molecule has 1 aliphatic carbocycles. The van der Waals surface area contributed by atoms with Crippen molar-refractivity contribution in [1.82, 2.24) is 10.3 Å². The van der Waals surface area contributed by atoms with Gasteiger partial charge in [0, 0.05) is 5.38 Å². The van der Waals surface area contributed by atoms with Crippen LogP contribution in [0.1, 0.15) is 43.2 Å². The van der Waals surface area contributed by atoms with Crippen LogP contribution in [0.25, 0.3) is 0 Å². The SMILES string of the molecule is CC(C)=C[C@H]1[C@H](C(=O)NCc2nc(C(=O)O)cs2)C1(C)C. The molecule has 21 heavy (non-hydrogen) atoms. The summed E-state index contributed by atoms with van der Waals surface area (Å²) in [6.07, 6.45) is 2.15. The summed E-state index contributed by atoms with van der Waals surface area (Å²) in [4.78, 5) is 27.0. The highest BCUT2D eigenvalue weighted by Crippen LogP contribution is 2.59. The van der Waals surface area contributed by atoms with Gasteiger partial charge in [0.15, 0.2) is 5.69 Å². The van der Waals surface area contributed by atoms with Crippen LogP contribution in [-0.4, -0.2) is 22.0 Å². The second kappa shape index (κ2) is 5.60. The number of carbonyl (C=O) groups is 2. The Morgan fingerprint density at radius 2 is 2.14 bits per heavy atom. The number of rotatable bonds is 5. The van der Waals surface area contributed by atoms with E-state index in [0.717, 1.165) is 0 Å². The van der Waals surface area contributed by atoms with E-state index in [1.165, 1.54) is 22.3 Å². The molecular formula is C15H20N2O3S. The third-order valence-corrected chi connectivity index (χ3v) is 4.74. The Labute approximate surface area is 128 Å². The van der Waals surface area contributed by atoms with Gasteiger partial charge in [-0.3, -0.25) is 4.79 Å². The lowest BCUT2D eigenvalue weighted by molar-refractivity contribution is -0.123. The summed E-state index contributed by atoms with van der Waals surface area (Å²) in [6.45, 7) is 8.53. The Morgan fingerprint density at radius 1 is 1.48 bits per heavy atom. The predicted octanol–water partition coefficient (Wildman–Crippen LogP) is 2.70. The zero-order valence-electron chi connectivity index (χ0n) is 12.6. The standard InChI is InChI=1S/C15H20N2O3S/c1-8(2)5-9-12(15(9,3)4)13(18)16-6-11-17-10(7-21-11)14(19)20/h5,7,9,12H,6H2,1-4H3,(H,16,18)(H,19,20)/t9-,12+/m0/s1. The van der Waals surface area contributed by atoms with Crippen LogP contribution in [0.15, 0.2) is 17.0 Å². The number of aromatic carboxylic acids is 1. The van der Waals surface area contributed by atoms with Gasteiger partial charge in [-0.2, -0.15) is 0 Å². The highest BCUT2D eigenvalue weighted by molar-refractivity contribution is 7.09. The molecule has 0 aromatic carbocycles. The van der Waals surface area contributed by atoms with Gasteiger partial charge in [-0.25, -0.2) is 9.78 Å². The summed E-state index contributed by atoms with van der Waals surface area (Å²) < 4.78 is 0. The first-order valence-electron chi connectivity index (χ1n) is 6.84. The highest BCUT2D eigenvalue weighted by Gasteiger charge is 2.60. The molecule has 0 unspecified atom stereocenters. The van der Waals surface area contributed by atoms with Gasteiger partial charge in [-0.15, -0.1) is 11.3 Å². The van der Waals surface area contributed by atoms with E-state index in [1.54, 1.807) is 0 Å². The quantitative estimate of drug-likeness (QED) is 0.820. The number of allylic oxidation sites excluding steroid dienone is 2. The topological polar surface area (TPSA) is 79.3 Å². The van der Waals surface area contributed by atoms with E-state index in [4.69, 9.17) is 5.11 Å². The molecule has 0 radical (unpaired) electrons. The number of thiazole rings is 1. The molecule has 1 saturated carbocycles. The third-order valence-electron chi connectivity index (χ3n) is 3.89. The molecule has 1 fully saturated rings. The van der Waals surface area contributed by atoms with E-state index in [0.29, 0.717) is 5.01 Å². The number of hydrogen-bond donors (Lipinski definition) is 2. The van der Waals surface area contributed by atoms with Gasteiger partial charge in [-0.05, 0) is 25.2 Å². The van der Waals surface area contributed by atoms with Crippen LogP contribution in [-0.2, 0) is 11.3 Å². The van der Waals surface area contributed by atoms with Crippen molar-refractivity contribution in [2.75, 3.05) is 0 Å². The average molecular weight is 308 g/mol. The van der Waals surface area contributed by atoms with Gasteiger partial charge in [0.05, 0.1) is 12.5 Å². The van der Waals surface area contributed by atoms with E-state index in [-0.39, 0.29) is 35.4 Å². The molecule has 0 aliphatic heterocycles. The number of aromatic nitrogens is 1. The number of hydrogen-bond acceptors (Lipinski definition) is 4. The molecule has 1 amide bonds.